The van der Waals surface area contributed by atoms with Gasteiger partial charge in [-0.05, 0) is 50.4 Å². The topological polar surface area (TPSA) is 70.6 Å². The van der Waals surface area contributed by atoms with Crippen LogP contribution in [0.1, 0.15) is 45.4 Å². The molecule has 7 heteroatoms. The van der Waals surface area contributed by atoms with E-state index in [0.717, 1.165) is 25.0 Å². The molecule has 128 valence electrons. The zero-order chi connectivity index (χ0) is 14.9. The summed E-state index contributed by atoms with van der Waals surface area (Å²) in [6.45, 7) is 3.75. The van der Waals surface area contributed by atoms with E-state index < -0.39 is 9.84 Å². The molecule has 22 heavy (non-hydrogen) atoms. The quantitative estimate of drug-likeness (QED) is 0.389. The van der Waals surface area contributed by atoms with Gasteiger partial charge in [-0.1, -0.05) is 6.42 Å². The first kappa shape index (κ1) is 18.3. The molecule has 5 nitrogen and oxygen atoms in total. The van der Waals surface area contributed by atoms with Gasteiger partial charge in [0.15, 0.2) is 15.8 Å². The van der Waals surface area contributed by atoms with Gasteiger partial charge in [0.1, 0.15) is 0 Å². The summed E-state index contributed by atoms with van der Waals surface area (Å²) in [4.78, 5) is 4.78. The number of halogens is 1. The number of nitrogens with zero attached hydrogens (tertiary/aromatic N) is 1. The van der Waals surface area contributed by atoms with E-state index in [2.05, 4.69) is 10.6 Å². The monoisotopic (exact) mass is 441 g/mol. The van der Waals surface area contributed by atoms with Crippen LogP contribution in [0.3, 0.4) is 0 Å². The van der Waals surface area contributed by atoms with Crippen LogP contribution in [-0.4, -0.2) is 45.0 Å². The minimum Gasteiger partial charge on any atom is -0.357 e. The summed E-state index contributed by atoms with van der Waals surface area (Å²) in [6, 6.07) is 0.0195. The highest BCUT2D eigenvalue weighted by Gasteiger charge is 2.48. The maximum Gasteiger partial charge on any atom is 0.191 e. The molecule has 2 aliphatic carbocycles. The molecule has 3 aliphatic rings. The molecule has 0 radical (unpaired) electrons. The van der Waals surface area contributed by atoms with E-state index in [1.807, 2.05) is 6.92 Å². The van der Waals surface area contributed by atoms with E-state index in [1.54, 1.807) is 0 Å². The average molecular weight is 441 g/mol. The Bertz CT molecular complexity index is 513. The Morgan fingerprint density at radius 2 is 2.00 bits per heavy atom. The van der Waals surface area contributed by atoms with Gasteiger partial charge in [0.25, 0.3) is 0 Å². The summed E-state index contributed by atoms with van der Waals surface area (Å²) < 4.78 is 23.1. The standard InChI is InChI=1S/C15H27N3O2S.HI/c1-2-16-14(18-13-6-9-21(19,20)10-13)17-11-15(7-3-8-15)12-4-5-12;/h12-13H,2-11H2,1H3,(H2,16,17,18);1H. The van der Waals surface area contributed by atoms with Crippen molar-refractivity contribution >= 4 is 39.8 Å². The van der Waals surface area contributed by atoms with Crippen LogP contribution in [0.2, 0.25) is 0 Å². The molecular weight excluding hydrogens is 413 g/mol. The molecule has 0 amide bonds. The van der Waals surface area contributed by atoms with Gasteiger partial charge in [0, 0.05) is 19.1 Å². The molecule has 3 rings (SSSR count). The lowest BCUT2D eigenvalue weighted by atomic mass is 9.65. The fourth-order valence-electron chi connectivity index (χ4n) is 3.68. The van der Waals surface area contributed by atoms with Crippen molar-refractivity contribution in [3.8, 4) is 0 Å². The Hall–Kier alpha value is -0.0500. The molecule has 3 fully saturated rings. The third-order valence-corrected chi connectivity index (χ3v) is 7.03. The molecule has 1 saturated heterocycles. The lowest BCUT2D eigenvalue weighted by Crippen LogP contribution is -2.45. The first-order valence-corrected chi connectivity index (χ1v) is 10.1. The zero-order valence-electron chi connectivity index (χ0n) is 13.3. The molecule has 0 spiro atoms. The van der Waals surface area contributed by atoms with Crippen LogP contribution in [-0.2, 0) is 9.84 Å². The van der Waals surface area contributed by atoms with Crippen molar-refractivity contribution in [3.05, 3.63) is 0 Å². The van der Waals surface area contributed by atoms with Crippen molar-refractivity contribution in [1.29, 1.82) is 0 Å². The number of hydrogen-bond donors (Lipinski definition) is 2. The third-order valence-electron chi connectivity index (χ3n) is 5.26. The predicted molar refractivity (Wildman–Crippen MR) is 101 cm³/mol. The number of nitrogens with one attached hydrogen (secondary N) is 2. The molecule has 1 atom stereocenters. The van der Waals surface area contributed by atoms with E-state index in [9.17, 15) is 8.42 Å². The van der Waals surface area contributed by atoms with E-state index >= 15 is 0 Å². The van der Waals surface area contributed by atoms with Crippen LogP contribution in [0.4, 0.5) is 0 Å². The Morgan fingerprint density at radius 3 is 2.45 bits per heavy atom. The number of sulfone groups is 1. The Morgan fingerprint density at radius 1 is 1.27 bits per heavy atom. The normalized spacial score (nSPS) is 29.3. The molecule has 0 aromatic carbocycles. The maximum absolute atomic E-state index is 11.6. The van der Waals surface area contributed by atoms with Crippen molar-refractivity contribution in [1.82, 2.24) is 10.6 Å². The molecule has 2 saturated carbocycles. The van der Waals surface area contributed by atoms with Crippen LogP contribution in [0.25, 0.3) is 0 Å². The summed E-state index contributed by atoms with van der Waals surface area (Å²) in [5.41, 5.74) is 0.462. The first-order valence-electron chi connectivity index (χ1n) is 8.28. The molecular formula is C15H28IN3O2S. The van der Waals surface area contributed by atoms with Crippen LogP contribution >= 0.6 is 24.0 Å². The molecule has 0 bridgehead atoms. The van der Waals surface area contributed by atoms with Gasteiger partial charge < -0.3 is 10.6 Å². The Labute approximate surface area is 151 Å². The van der Waals surface area contributed by atoms with Gasteiger partial charge >= 0.3 is 0 Å². The number of guanidine groups is 1. The summed E-state index contributed by atoms with van der Waals surface area (Å²) in [6.07, 6.45) is 7.43. The number of aliphatic imine (C=N–C) groups is 1. The largest absolute Gasteiger partial charge is 0.357 e. The molecule has 1 heterocycles. The number of rotatable bonds is 5. The second kappa shape index (κ2) is 7.23. The smallest absolute Gasteiger partial charge is 0.191 e. The predicted octanol–water partition coefficient (Wildman–Crippen LogP) is 1.93. The molecule has 2 N–H and O–H groups in total. The summed E-state index contributed by atoms with van der Waals surface area (Å²) >= 11 is 0. The highest BCUT2D eigenvalue weighted by atomic mass is 127. The van der Waals surface area contributed by atoms with Crippen LogP contribution in [0.5, 0.6) is 0 Å². The lowest BCUT2D eigenvalue weighted by molar-refractivity contribution is 0.113. The number of hydrogen-bond acceptors (Lipinski definition) is 3. The van der Waals surface area contributed by atoms with Gasteiger partial charge in [0.2, 0.25) is 0 Å². The van der Waals surface area contributed by atoms with Crippen molar-refractivity contribution in [2.75, 3.05) is 24.6 Å². The van der Waals surface area contributed by atoms with Crippen molar-refractivity contribution < 1.29 is 8.42 Å². The van der Waals surface area contributed by atoms with Crippen molar-refractivity contribution in [2.24, 2.45) is 16.3 Å². The third kappa shape index (κ3) is 4.27. The SMILES string of the molecule is CCNC(=NCC1(C2CC2)CCC1)NC1CCS(=O)(=O)C1.I. The molecule has 1 unspecified atom stereocenters. The minimum atomic E-state index is -2.84. The van der Waals surface area contributed by atoms with Crippen molar-refractivity contribution in [2.45, 2.75) is 51.5 Å². The van der Waals surface area contributed by atoms with E-state index in [-0.39, 0.29) is 35.8 Å². The van der Waals surface area contributed by atoms with Gasteiger partial charge in [-0.2, -0.15) is 0 Å². The van der Waals surface area contributed by atoms with Crippen molar-refractivity contribution in [3.63, 3.8) is 0 Å². The molecule has 0 aromatic heterocycles. The average Bonchev–Trinajstić information content (AvgIpc) is 3.14. The minimum absolute atomic E-state index is 0. The van der Waals surface area contributed by atoms with E-state index in [4.69, 9.17) is 4.99 Å². The Balaban J connectivity index is 0.00000176. The fraction of sp³-hybridized carbons (Fsp3) is 0.933. The second-order valence-corrected chi connectivity index (χ2v) is 9.16. The van der Waals surface area contributed by atoms with Crippen LogP contribution in [0.15, 0.2) is 4.99 Å². The summed E-state index contributed by atoms with van der Waals surface area (Å²) in [5.74, 6) is 2.23. The molecule has 0 aromatic rings. The van der Waals surface area contributed by atoms with Gasteiger partial charge in [-0.3, -0.25) is 4.99 Å². The maximum atomic E-state index is 11.6. The van der Waals surface area contributed by atoms with E-state index in [1.165, 1.54) is 32.1 Å². The summed E-state index contributed by atoms with van der Waals surface area (Å²) in [5, 5.41) is 6.57. The van der Waals surface area contributed by atoms with Crippen LogP contribution in [0, 0.1) is 11.3 Å². The molecule has 1 aliphatic heterocycles. The highest BCUT2D eigenvalue weighted by Crippen LogP contribution is 2.57. The second-order valence-electron chi connectivity index (χ2n) is 6.93. The van der Waals surface area contributed by atoms with E-state index in [0.29, 0.717) is 17.6 Å². The zero-order valence-corrected chi connectivity index (χ0v) is 16.5. The Kier molecular flexibility index (Phi) is 6.01. The van der Waals surface area contributed by atoms with Gasteiger partial charge in [-0.15, -0.1) is 24.0 Å². The fourth-order valence-corrected chi connectivity index (χ4v) is 5.35. The summed E-state index contributed by atoms with van der Waals surface area (Å²) in [7, 11) is -2.84. The van der Waals surface area contributed by atoms with Gasteiger partial charge in [0.05, 0.1) is 11.5 Å². The van der Waals surface area contributed by atoms with Crippen LogP contribution < -0.4 is 10.6 Å². The lowest BCUT2D eigenvalue weighted by Gasteiger charge is -2.41. The first-order chi connectivity index (χ1) is 10.0. The van der Waals surface area contributed by atoms with Gasteiger partial charge in [-0.25, -0.2) is 8.42 Å². The highest BCUT2D eigenvalue weighted by molar-refractivity contribution is 14.0.